The Labute approximate surface area is 235 Å². The van der Waals surface area contributed by atoms with Crippen molar-refractivity contribution in [1.82, 2.24) is 30.0 Å². The van der Waals surface area contributed by atoms with Crippen LogP contribution in [0.5, 0.6) is 5.75 Å². The van der Waals surface area contributed by atoms with Crippen LogP contribution in [-0.2, 0) is 21.4 Å². The number of benzene rings is 1. The minimum Gasteiger partial charge on any atom is -0.494 e. The molecule has 13 nitrogen and oxygen atoms in total. The van der Waals surface area contributed by atoms with Crippen molar-refractivity contribution >= 4 is 62.6 Å². The lowest BCUT2D eigenvalue weighted by molar-refractivity contribution is -0.117. The van der Waals surface area contributed by atoms with Crippen molar-refractivity contribution in [2.45, 2.75) is 24.6 Å². The van der Waals surface area contributed by atoms with Gasteiger partial charge in [0.25, 0.3) is 5.91 Å². The van der Waals surface area contributed by atoms with Gasteiger partial charge in [0.1, 0.15) is 35.1 Å². The van der Waals surface area contributed by atoms with Crippen LogP contribution in [-0.4, -0.2) is 88.9 Å². The second-order valence-corrected chi connectivity index (χ2v) is 12.4. The lowest BCUT2D eigenvalue weighted by Gasteiger charge is -2.22. The van der Waals surface area contributed by atoms with Crippen molar-refractivity contribution in [3.05, 3.63) is 42.2 Å². The minimum absolute atomic E-state index is 0.00516. The molecule has 4 N–H and O–H groups in total. The van der Waals surface area contributed by atoms with Crippen molar-refractivity contribution in [3.8, 4) is 17.0 Å². The van der Waals surface area contributed by atoms with E-state index in [-0.39, 0.29) is 36.4 Å². The Balaban J connectivity index is 1.64. The number of carbonyl (C=O) groups is 2. The van der Waals surface area contributed by atoms with Gasteiger partial charge in [-0.15, -0.1) is 0 Å². The SMILES string of the molecule is BC(B)(B)NC(=O)c1cnc(NC(=O)C2CC2)cc1Nc1cccc(-c2cnn(CCNS(C)(=O)=O)n2)c1OC. The number of ether oxygens (including phenoxy) is 1. The molecule has 0 saturated heterocycles. The number of anilines is 3. The van der Waals surface area contributed by atoms with Gasteiger partial charge in [-0.25, -0.2) is 18.1 Å². The summed E-state index contributed by atoms with van der Waals surface area (Å²) in [5.74, 6) is 0.344. The molecule has 1 aromatic carbocycles. The monoisotopic (exact) mass is 564 g/mol. The summed E-state index contributed by atoms with van der Waals surface area (Å²) in [7, 11) is 3.84. The zero-order valence-electron chi connectivity index (χ0n) is 23.1. The largest absolute Gasteiger partial charge is 0.494 e. The van der Waals surface area contributed by atoms with E-state index in [4.69, 9.17) is 4.74 Å². The van der Waals surface area contributed by atoms with E-state index in [0.29, 0.717) is 34.2 Å². The van der Waals surface area contributed by atoms with Crippen molar-refractivity contribution in [1.29, 1.82) is 0 Å². The molecule has 1 fully saturated rings. The summed E-state index contributed by atoms with van der Waals surface area (Å²) in [6.45, 7) is 0.388. The molecule has 1 saturated carbocycles. The van der Waals surface area contributed by atoms with Crippen molar-refractivity contribution < 1.29 is 22.7 Å². The summed E-state index contributed by atoms with van der Waals surface area (Å²) < 4.78 is 30.8. The summed E-state index contributed by atoms with van der Waals surface area (Å²) in [6, 6.07) is 7.02. The number of carbonyl (C=O) groups excluding carboxylic acids is 2. The van der Waals surface area contributed by atoms with Crippen LogP contribution < -0.4 is 25.4 Å². The molecule has 208 valence electrons. The smallest absolute Gasteiger partial charge is 0.253 e. The average molecular weight is 564 g/mol. The van der Waals surface area contributed by atoms with E-state index < -0.39 is 15.3 Å². The number of sulfonamides is 1. The maximum Gasteiger partial charge on any atom is 0.253 e. The lowest BCUT2D eigenvalue weighted by atomic mass is 9.49. The number of nitrogens with one attached hydrogen (secondary N) is 4. The van der Waals surface area contributed by atoms with Crippen LogP contribution >= 0.6 is 0 Å². The van der Waals surface area contributed by atoms with Gasteiger partial charge in [-0.05, 0) is 30.2 Å². The third kappa shape index (κ3) is 7.85. The Kier molecular flexibility index (Phi) is 8.54. The first-order valence-corrected chi connectivity index (χ1v) is 14.6. The molecular formula is C23H31B3N8O5S. The van der Waals surface area contributed by atoms with Crippen LogP contribution in [0.4, 0.5) is 17.2 Å². The van der Waals surface area contributed by atoms with Gasteiger partial charge in [-0.2, -0.15) is 15.0 Å². The van der Waals surface area contributed by atoms with Gasteiger partial charge >= 0.3 is 0 Å². The Hall–Kier alpha value is -3.85. The minimum atomic E-state index is -3.32. The normalized spacial score (nSPS) is 13.4. The fourth-order valence-corrected chi connectivity index (χ4v) is 4.31. The van der Waals surface area contributed by atoms with Crippen LogP contribution in [0.2, 0.25) is 0 Å². The number of hydrogen-bond acceptors (Lipinski definition) is 9. The molecule has 2 aromatic heterocycles. The van der Waals surface area contributed by atoms with Gasteiger partial charge in [0, 0.05) is 30.3 Å². The van der Waals surface area contributed by atoms with Crippen LogP contribution in [0.1, 0.15) is 23.2 Å². The van der Waals surface area contributed by atoms with Crippen molar-refractivity contribution in [2.24, 2.45) is 5.92 Å². The summed E-state index contributed by atoms with van der Waals surface area (Å²) in [5, 5.41) is 17.2. The number of amides is 2. The van der Waals surface area contributed by atoms with Crippen LogP contribution in [0.25, 0.3) is 11.3 Å². The molecule has 17 heteroatoms. The molecule has 1 aliphatic rings. The zero-order chi connectivity index (χ0) is 29.1. The van der Waals surface area contributed by atoms with Gasteiger partial charge in [0.15, 0.2) is 5.75 Å². The molecule has 3 aromatic rings. The van der Waals surface area contributed by atoms with E-state index in [1.54, 1.807) is 24.4 Å². The standard InChI is InChI=1S/C23H31B3N8O5S/c1-39-20-14(18-12-28-34(33-18)9-8-29-40(2,37)38)4-3-5-16(20)30-17-10-19(31-21(35)13-6-7-13)27-11-15(17)22(36)32-23(24,25)26/h3-5,10-13,29H,6-9,24-26H2,1-2H3,(H,32,36)(H2,27,30,31,35). The first kappa shape index (κ1) is 29.1. The lowest BCUT2D eigenvalue weighted by Crippen LogP contribution is -2.50. The summed E-state index contributed by atoms with van der Waals surface area (Å²) in [5.41, 5.74) is 2.40. The fourth-order valence-electron chi connectivity index (χ4n) is 3.85. The molecular weight excluding hydrogens is 533 g/mol. The van der Waals surface area contributed by atoms with Crippen molar-refractivity contribution in [2.75, 3.05) is 30.5 Å². The third-order valence-electron chi connectivity index (χ3n) is 5.81. The number of pyridine rings is 1. The van der Waals surface area contributed by atoms with E-state index in [2.05, 4.69) is 35.9 Å². The number of para-hydroxylation sites is 1. The number of nitrogens with zero attached hydrogens (tertiary/aromatic N) is 4. The van der Waals surface area contributed by atoms with Gasteiger partial charge in [-0.3, -0.25) is 9.59 Å². The summed E-state index contributed by atoms with van der Waals surface area (Å²) in [6.07, 6.45) is 5.78. The highest BCUT2D eigenvalue weighted by Gasteiger charge is 2.30. The number of rotatable bonds is 12. The molecule has 0 spiro atoms. The topological polar surface area (TPSA) is 169 Å². The summed E-state index contributed by atoms with van der Waals surface area (Å²) in [4.78, 5) is 31.2. The predicted octanol–water partition coefficient (Wildman–Crippen LogP) is -1.77. The maximum absolute atomic E-state index is 13.1. The zero-order valence-corrected chi connectivity index (χ0v) is 23.9. The highest BCUT2D eigenvalue weighted by Crippen LogP contribution is 2.38. The Morgan fingerprint density at radius 2 is 1.93 bits per heavy atom. The van der Waals surface area contributed by atoms with E-state index in [9.17, 15) is 18.0 Å². The van der Waals surface area contributed by atoms with Crippen LogP contribution in [0.15, 0.2) is 36.7 Å². The predicted molar refractivity (Wildman–Crippen MR) is 160 cm³/mol. The van der Waals surface area contributed by atoms with E-state index in [1.807, 2.05) is 29.6 Å². The highest BCUT2D eigenvalue weighted by atomic mass is 32.2. The van der Waals surface area contributed by atoms with E-state index in [0.717, 1.165) is 19.1 Å². The first-order chi connectivity index (χ1) is 18.8. The van der Waals surface area contributed by atoms with Gasteiger partial charge < -0.3 is 20.7 Å². The Morgan fingerprint density at radius 1 is 1.18 bits per heavy atom. The summed E-state index contributed by atoms with van der Waals surface area (Å²) >= 11 is 0. The molecule has 0 radical (unpaired) electrons. The molecule has 2 amide bonds. The molecule has 40 heavy (non-hydrogen) atoms. The molecule has 4 rings (SSSR count). The Bertz CT molecular complexity index is 1520. The molecule has 1 aliphatic carbocycles. The Morgan fingerprint density at radius 3 is 2.58 bits per heavy atom. The van der Waals surface area contributed by atoms with Crippen molar-refractivity contribution in [3.63, 3.8) is 0 Å². The maximum atomic E-state index is 13.1. The average Bonchev–Trinajstić information content (AvgIpc) is 3.61. The van der Waals surface area contributed by atoms with Gasteiger partial charge in [0.2, 0.25) is 15.9 Å². The first-order valence-electron chi connectivity index (χ1n) is 12.8. The molecule has 0 bridgehead atoms. The quantitative estimate of drug-likeness (QED) is 0.186. The fraction of sp³-hybridized carbons (Fsp3) is 0.348. The van der Waals surface area contributed by atoms with Gasteiger partial charge in [-0.1, -0.05) is 6.07 Å². The highest BCUT2D eigenvalue weighted by molar-refractivity contribution is 7.88. The molecule has 0 aliphatic heterocycles. The number of methoxy groups -OCH3 is 1. The van der Waals surface area contributed by atoms with Gasteiger partial charge in [0.05, 0.1) is 43.0 Å². The molecule has 0 unspecified atom stereocenters. The van der Waals surface area contributed by atoms with E-state index in [1.165, 1.54) is 18.1 Å². The molecule has 0 atom stereocenters. The third-order valence-corrected chi connectivity index (χ3v) is 6.54. The molecule has 2 heterocycles. The second-order valence-electron chi connectivity index (χ2n) is 10.6. The van der Waals surface area contributed by atoms with E-state index >= 15 is 0 Å². The van der Waals surface area contributed by atoms with Crippen LogP contribution in [0, 0.1) is 5.92 Å². The van der Waals surface area contributed by atoms with Crippen LogP contribution in [0.3, 0.4) is 0 Å². The number of aromatic nitrogens is 4. The second kappa shape index (κ2) is 11.7. The number of hydrogen-bond donors (Lipinski definition) is 4.